The molecule has 0 aliphatic carbocycles. The highest BCUT2D eigenvalue weighted by Crippen LogP contribution is 2.28. The van der Waals surface area contributed by atoms with E-state index in [1.54, 1.807) is 17.6 Å². The van der Waals surface area contributed by atoms with Crippen LogP contribution in [0.15, 0.2) is 45.5 Å². The summed E-state index contributed by atoms with van der Waals surface area (Å²) in [5.41, 5.74) is 1.01. The summed E-state index contributed by atoms with van der Waals surface area (Å²) in [6.45, 7) is 0.661. The molecule has 1 aromatic carbocycles. The molecule has 0 spiro atoms. The molecule has 3 aromatic rings. The van der Waals surface area contributed by atoms with Crippen molar-refractivity contribution in [2.45, 2.75) is 6.54 Å². The number of halogens is 1. The summed E-state index contributed by atoms with van der Waals surface area (Å²) in [6.07, 6.45) is 1.67. The first-order valence-corrected chi connectivity index (χ1v) is 6.74. The lowest BCUT2D eigenvalue weighted by molar-refractivity contribution is 0.518. The molecule has 0 saturated carbocycles. The second-order valence-corrected chi connectivity index (χ2v) is 5.51. The molecule has 0 bridgehead atoms. The minimum Gasteiger partial charge on any atom is -0.467 e. The van der Waals surface area contributed by atoms with E-state index in [9.17, 15) is 0 Å². The average Bonchev–Trinajstić information content (AvgIpc) is 2.94. The van der Waals surface area contributed by atoms with Gasteiger partial charge in [0.05, 0.1) is 23.0 Å². The van der Waals surface area contributed by atoms with E-state index in [-0.39, 0.29) is 0 Å². The number of fused-ring (bicyclic) bond motifs is 1. The van der Waals surface area contributed by atoms with Crippen LogP contribution in [0, 0.1) is 0 Å². The van der Waals surface area contributed by atoms with Gasteiger partial charge in [-0.1, -0.05) is 27.3 Å². The highest BCUT2D eigenvalue weighted by Gasteiger charge is 2.04. The summed E-state index contributed by atoms with van der Waals surface area (Å²) < 4.78 is 7.48. The monoisotopic (exact) mass is 308 g/mol. The molecule has 86 valence electrons. The predicted molar refractivity (Wildman–Crippen MR) is 73.4 cm³/mol. The minimum atomic E-state index is 0.661. The Kier molecular flexibility index (Phi) is 2.86. The van der Waals surface area contributed by atoms with Crippen molar-refractivity contribution in [2.24, 2.45) is 0 Å². The van der Waals surface area contributed by atoms with Crippen LogP contribution in [0.5, 0.6) is 0 Å². The van der Waals surface area contributed by atoms with Gasteiger partial charge in [-0.15, -0.1) is 0 Å². The number of anilines is 1. The van der Waals surface area contributed by atoms with Crippen molar-refractivity contribution in [1.82, 2.24) is 4.98 Å². The van der Waals surface area contributed by atoms with Crippen molar-refractivity contribution >= 4 is 42.6 Å². The Morgan fingerprint density at radius 2 is 2.29 bits per heavy atom. The van der Waals surface area contributed by atoms with Gasteiger partial charge in [0.2, 0.25) is 0 Å². The Morgan fingerprint density at radius 1 is 1.35 bits per heavy atom. The molecular weight excluding hydrogens is 300 g/mol. The lowest BCUT2D eigenvalue weighted by Crippen LogP contribution is -1.96. The molecule has 0 unspecified atom stereocenters. The third kappa shape index (κ3) is 2.35. The first kappa shape index (κ1) is 10.8. The topological polar surface area (TPSA) is 38.1 Å². The number of aromatic nitrogens is 1. The SMILES string of the molecule is Brc1ccc2sc(NCc3ccco3)nc2c1. The van der Waals surface area contributed by atoms with Crippen molar-refractivity contribution < 1.29 is 4.42 Å². The Balaban J connectivity index is 1.81. The molecule has 0 atom stereocenters. The molecule has 2 aromatic heterocycles. The van der Waals surface area contributed by atoms with Gasteiger partial charge in [0.25, 0.3) is 0 Å². The van der Waals surface area contributed by atoms with Gasteiger partial charge < -0.3 is 9.73 Å². The summed E-state index contributed by atoms with van der Waals surface area (Å²) in [4.78, 5) is 4.51. The zero-order valence-corrected chi connectivity index (χ0v) is 11.2. The molecule has 3 rings (SSSR count). The number of furan rings is 1. The van der Waals surface area contributed by atoms with Crippen molar-refractivity contribution in [2.75, 3.05) is 5.32 Å². The number of nitrogens with zero attached hydrogens (tertiary/aromatic N) is 1. The van der Waals surface area contributed by atoms with Crippen LogP contribution < -0.4 is 5.32 Å². The summed E-state index contributed by atoms with van der Waals surface area (Å²) in [5, 5.41) is 4.17. The van der Waals surface area contributed by atoms with E-state index < -0.39 is 0 Å². The standard InChI is InChI=1S/C12H9BrN2OS/c13-8-3-4-11-10(6-8)15-12(17-11)14-7-9-2-1-5-16-9/h1-6H,7H2,(H,14,15). The Morgan fingerprint density at radius 3 is 3.12 bits per heavy atom. The summed E-state index contributed by atoms with van der Waals surface area (Å²) in [7, 11) is 0. The number of nitrogens with one attached hydrogen (secondary N) is 1. The normalized spacial score (nSPS) is 10.9. The first-order valence-electron chi connectivity index (χ1n) is 5.13. The zero-order valence-electron chi connectivity index (χ0n) is 8.81. The zero-order chi connectivity index (χ0) is 11.7. The van der Waals surface area contributed by atoms with E-state index in [2.05, 4.69) is 32.3 Å². The van der Waals surface area contributed by atoms with E-state index in [1.807, 2.05) is 24.3 Å². The second kappa shape index (κ2) is 4.50. The molecule has 2 heterocycles. The van der Waals surface area contributed by atoms with E-state index in [1.165, 1.54) is 4.70 Å². The minimum absolute atomic E-state index is 0.661. The third-order valence-corrected chi connectivity index (χ3v) is 3.83. The van der Waals surface area contributed by atoms with Crippen molar-refractivity contribution in [3.8, 4) is 0 Å². The number of benzene rings is 1. The summed E-state index contributed by atoms with van der Waals surface area (Å²) >= 11 is 5.08. The van der Waals surface area contributed by atoms with Gasteiger partial charge in [-0.3, -0.25) is 0 Å². The van der Waals surface area contributed by atoms with Crippen LogP contribution in [0.25, 0.3) is 10.2 Å². The van der Waals surface area contributed by atoms with Crippen LogP contribution in [0.1, 0.15) is 5.76 Å². The Labute approximate surface area is 111 Å². The lowest BCUT2D eigenvalue weighted by atomic mass is 10.3. The highest BCUT2D eigenvalue weighted by molar-refractivity contribution is 9.10. The van der Waals surface area contributed by atoms with Gasteiger partial charge >= 0.3 is 0 Å². The maximum Gasteiger partial charge on any atom is 0.184 e. The van der Waals surface area contributed by atoms with Gasteiger partial charge in [0.15, 0.2) is 5.13 Å². The molecule has 0 aliphatic rings. The van der Waals surface area contributed by atoms with Gasteiger partial charge in [0, 0.05) is 4.47 Å². The van der Waals surface area contributed by atoms with Crippen molar-refractivity contribution in [3.63, 3.8) is 0 Å². The number of rotatable bonds is 3. The van der Waals surface area contributed by atoms with Crippen LogP contribution in [0.3, 0.4) is 0 Å². The van der Waals surface area contributed by atoms with Gasteiger partial charge in [0.1, 0.15) is 5.76 Å². The van der Waals surface area contributed by atoms with Crippen LogP contribution in [0.4, 0.5) is 5.13 Å². The molecule has 0 aliphatic heterocycles. The number of thiazole rings is 1. The fourth-order valence-electron chi connectivity index (χ4n) is 1.55. The molecule has 1 N–H and O–H groups in total. The van der Waals surface area contributed by atoms with Crippen molar-refractivity contribution in [3.05, 3.63) is 46.8 Å². The van der Waals surface area contributed by atoms with E-state index in [0.29, 0.717) is 6.54 Å². The van der Waals surface area contributed by atoms with E-state index in [4.69, 9.17) is 4.42 Å². The fraction of sp³-hybridized carbons (Fsp3) is 0.0833. The molecule has 0 amide bonds. The molecule has 0 radical (unpaired) electrons. The maximum atomic E-state index is 5.26. The quantitative estimate of drug-likeness (QED) is 0.785. The first-order chi connectivity index (χ1) is 8.31. The summed E-state index contributed by atoms with van der Waals surface area (Å²) in [5.74, 6) is 0.908. The average molecular weight is 309 g/mol. The number of hydrogen-bond donors (Lipinski definition) is 1. The Bertz CT molecular complexity index is 633. The Hall–Kier alpha value is -1.33. The maximum absolute atomic E-state index is 5.26. The summed E-state index contributed by atoms with van der Waals surface area (Å²) in [6, 6.07) is 9.93. The molecular formula is C12H9BrN2OS. The van der Waals surface area contributed by atoms with Gasteiger partial charge in [-0.05, 0) is 30.3 Å². The van der Waals surface area contributed by atoms with Crippen molar-refractivity contribution in [1.29, 1.82) is 0 Å². The molecule has 0 saturated heterocycles. The molecule has 5 heteroatoms. The lowest BCUT2D eigenvalue weighted by Gasteiger charge is -1.97. The van der Waals surface area contributed by atoms with Crippen LogP contribution in [-0.2, 0) is 6.54 Å². The van der Waals surface area contributed by atoms with Gasteiger partial charge in [-0.25, -0.2) is 4.98 Å². The molecule has 0 fully saturated rings. The predicted octanol–water partition coefficient (Wildman–Crippen LogP) is 4.26. The van der Waals surface area contributed by atoms with E-state index >= 15 is 0 Å². The molecule has 17 heavy (non-hydrogen) atoms. The number of hydrogen-bond acceptors (Lipinski definition) is 4. The van der Waals surface area contributed by atoms with Crippen LogP contribution in [-0.4, -0.2) is 4.98 Å². The van der Waals surface area contributed by atoms with E-state index in [0.717, 1.165) is 20.9 Å². The third-order valence-electron chi connectivity index (χ3n) is 2.34. The smallest absolute Gasteiger partial charge is 0.184 e. The largest absolute Gasteiger partial charge is 0.467 e. The highest BCUT2D eigenvalue weighted by atomic mass is 79.9. The van der Waals surface area contributed by atoms with Gasteiger partial charge in [-0.2, -0.15) is 0 Å². The molecule has 3 nitrogen and oxygen atoms in total. The van der Waals surface area contributed by atoms with Crippen LogP contribution >= 0.6 is 27.3 Å². The fourth-order valence-corrected chi connectivity index (χ4v) is 2.74. The second-order valence-electron chi connectivity index (χ2n) is 3.56. The van der Waals surface area contributed by atoms with Crippen LogP contribution in [0.2, 0.25) is 0 Å².